The predicted octanol–water partition coefficient (Wildman–Crippen LogP) is -0.729. The fourth-order valence-corrected chi connectivity index (χ4v) is 16.2. The van der Waals surface area contributed by atoms with E-state index in [4.69, 9.17) is 4.74 Å². The first kappa shape index (κ1) is 15.8. The molecule has 3 saturated heterocycles. The molecular weight excluding hydrogens is 532 g/mol. The van der Waals surface area contributed by atoms with Crippen LogP contribution in [-0.2, 0) is 9.53 Å². The summed E-state index contributed by atoms with van der Waals surface area (Å²) < 4.78 is 16.9. The van der Waals surface area contributed by atoms with Crippen LogP contribution < -0.4 is 32.1 Å². The van der Waals surface area contributed by atoms with Gasteiger partial charge in [-0.3, -0.25) is 0 Å². The van der Waals surface area contributed by atoms with E-state index in [-0.39, 0.29) is 40.3 Å². The van der Waals surface area contributed by atoms with E-state index < -0.39 is 20.4 Å². The van der Waals surface area contributed by atoms with E-state index in [0.29, 0.717) is 11.8 Å². The van der Waals surface area contributed by atoms with Gasteiger partial charge in [0.15, 0.2) is 0 Å². The summed E-state index contributed by atoms with van der Waals surface area (Å²) in [6.07, 6.45) is 7.73. The van der Waals surface area contributed by atoms with Crippen molar-refractivity contribution in [2.24, 2.45) is 29.6 Å². The summed E-state index contributed by atoms with van der Waals surface area (Å²) in [5.74, 6) is 3.81. The summed E-state index contributed by atoms with van der Waals surface area (Å²) in [4.78, 5) is 13.3. The Bertz CT molecular complexity index is 619. The summed E-state index contributed by atoms with van der Waals surface area (Å²) in [5, 5.41) is 0. The summed E-state index contributed by atoms with van der Waals surface area (Å²) in [6, 6.07) is 0. The third kappa shape index (κ3) is 1.75. The predicted molar refractivity (Wildman–Crippen MR) is 94.2 cm³/mol. The van der Waals surface area contributed by atoms with Gasteiger partial charge in [0.25, 0.3) is 0 Å². The fraction of sp³-hybridized carbons (Fsp3) is 0.941. The van der Waals surface area contributed by atoms with Crippen LogP contribution in [0.2, 0.25) is 0 Å². The Balaban J connectivity index is 1.32. The summed E-state index contributed by atoms with van der Waals surface area (Å²) in [5.41, 5.74) is -0.170. The van der Waals surface area contributed by atoms with Crippen molar-refractivity contribution in [3.8, 4) is 0 Å². The number of esters is 1. The second-order valence-corrected chi connectivity index (χ2v) is 15.7. The van der Waals surface area contributed by atoms with E-state index in [1.54, 1.807) is 0 Å². The van der Waals surface area contributed by atoms with Gasteiger partial charge in [-0.1, -0.05) is 0 Å². The standard InChI is InChI=1S/C17H26I2N3O2/c1-3-9(2)15(8-10-4-7-13(15)12-6-5-11(10)12)24-14(23)16(18-20-16)17-19(21-17)22-17/h9-13,20-22H,3-8H2,1-2H3/q-1. The van der Waals surface area contributed by atoms with Crippen molar-refractivity contribution in [1.82, 2.24) is 10.6 Å². The minimum absolute atomic E-state index is 0.0324. The summed E-state index contributed by atoms with van der Waals surface area (Å²) in [7, 11) is 0. The van der Waals surface area contributed by atoms with Crippen LogP contribution in [0.1, 0.15) is 52.4 Å². The van der Waals surface area contributed by atoms with Crippen molar-refractivity contribution < 1.29 is 31.0 Å². The van der Waals surface area contributed by atoms with E-state index in [1.807, 2.05) is 0 Å². The second kappa shape index (κ2) is 4.80. The molecular formula is C17H26I2N3O2-. The molecule has 2 bridgehead atoms. The van der Waals surface area contributed by atoms with Crippen molar-refractivity contribution in [1.29, 1.82) is 0 Å². The fourth-order valence-electron chi connectivity index (χ4n) is 6.13. The molecule has 0 radical (unpaired) electrons. The van der Waals surface area contributed by atoms with Gasteiger partial charge in [0.05, 0.1) is 0 Å². The van der Waals surface area contributed by atoms with Crippen LogP contribution >= 0.6 is 20.4 Å². The molecule has 4 saturated carbocycles. The number of halogens is 2. The molecule has 7 atom stereocenters. The number of rotatable bonds is 5. The molecule has 7 heteroatoms. The van der Waals surface area contributed by atoms with Crippen LogP contribution in [0.3, 0.4) is 0 Å². The van der Waals surface area contributed by atoms with Crippen LogP contribution in [0, 0.1) is 29.6 Å². The molecule has 136 valence electrons. The van der Waals surface area contributed by atoms with Crippen molar-refractivity contribution in [2.45, 2.75) is 65.2 Å². The van der Waals surface area contributed by atoms with Crippen LogP contribution in [0.4, 0.5) is 0 Å². The molecule has 3 heterocycles. The second-order valence-electron chi connectivity index (χ2n) is 8.69. The molecule has 7 rings (SSSR count). The molecule has 0 amide bonds. The maximum atomic E-state index is 13.3. The van der Waals surface area contributed by atoms with Crippen molar-refractivity contribution in [3.63, 3.8) is 0 Å². The van der Waals surface area contributed by atoms with Gasteiger partial charge in [-0.25, -0.2) is 0 Å². The zero-order valence-corrected chi connectivity index (χ0v) is 18.5. The molecule has 0 aromatic rings. The van der Waals surface area contributed by atoms with Gasteiger partial charge in [-0.2, -0.15) is 0 Å². The number of ether oxygens (including phenoxy) is 1. The number of alkyl halides is 2. The number of carbonyl (C=O) groups is 1. The first-order valence-electron chi connectivity index (χ1n) is 9.47. The van der Waals surface area contributed by atoms with Crippen LogP contribution in [-0.4, -0.2) is 18.8 Å². The number of hydrogen-bond donors (Lipinski definition) is 3. The first-order chi connectivity index (χ1) is 11.6. The van der Waals surface area contributed by atoms with Gasteiger partial charge >= 0.3 is 163 Å². The minimum atomic E-state index is -1.12. The van der Waals surface area contributed by atoms with E-state index >= 15 is 0 Å². The van der Waals surface area contributed by atoms with Gasteiger partial charge in [-0.05, 0) is 0 Å². The number of fused-ring (bicyclic) bond motifs is 3. The van der Waals surface area contributed by atoms with Gasteiger partial charge in [0.2, 0.25) is 0 Å². The Hall–Kier alpha value is 0.810. The molecule has 24 heavy (non-hydrogen) atoms. The zero-order chi connectivity index (χ0) is 16.3. The summed E-state index contributed by atoms with van der Waals surface area (Å²) >= 11 is -1.36. The van der Waals surface area contributed by atoms with E-state index in [2.05, 4.69) is 24.4 Å². The van der Waals surface area contributed by atoms with E-state index in [1.165, 1.54) is 25.7 Å². The van der Waals surface area contributed by atoms with Gasteiger partial charge in [0, 0.05) is 0 Å². The third-order valence-electron chi connectivity index (χ3n) is 7.99. The van der Waals surface area contributed by atoms with Gasteiger partial charge in [-0.15, -0.1) is 0 Å². The van der Waals surface area contributed by atoms with Crippen LogP contribution in [0.5, 0.6) is 0 Å². The van der Waals surface area contributed by atoms with Crippen LogP contribution in [0.25, 0.3) is 0 Å². The number of carbonyl (C=O) groups excluding carboxylic acids is 1. The Kier molecular flexibility index (Phi) is 3.16. The van der Waals surface area contributed by atoms with Crippen molar-refractivity contribution in [3.05, 3.63) is 0 Å². The van der Waals surface area contributed by atoms with Crippen molar-refractivity contribution in [2.75, 3.05) is 0 Å². The zero-order valence-electron chi connectivity index (χ0n) is 14.2. The SMILES string of the molecule is CCC(C)C1(OC(=O)C2(C34NI3N4)N[I-]2)CC2CCC1C1CCC21. The molecule has 0 aromatic heterocycles. The monoisotopic (exact) mass is 558 g/mol. The molecule has 7 fully saturated rings. The Morgan fingerprint density at radius 1 is 1.29 bits per heavy atom. The Labute approximate surface area is 161 Å². The molecule has 5 nitrogen and oxygen atoms in total. The quantitative estimate of drug-likeness (QED) is 0.104. The molecule has 4 aliphatic carbocycles. The maximum absolute atomic E-state index is 13.3. The topological polar surface area (TPSA) is 92.1 Å². The molecule has 7 unspecified atom stereocenters. The summed E-state index contributed by atoms with van der Waals surface area (Å²) in [6.45, 7) is 4.61. The van der Waals surface area contributed by atoms with Crippen molar-refractivity contribution >= 4 is 26.3 Å². The molecule has 3 aliphatic heterocycles. The molecule has 3 N–H and O–H groups in total. The van der Waals surface area contributed by atoms with E-state index in [9.17, 15) is 4.79 Å². The van der Waals surface area contributed by atoms with E-state index in [0.717, 1.165) is 30.6 Å². The van der Waals surface area contributed by atoms with Crippen LogP contribution in [0.15, 0.2) is 0 Å². The first-order valence-corrected chi connectivity index (χ1v) is 14.9. The third-order valence-corrected chi connectivity index (χ3v) is 16.5. The Morgan fingerprint density at radius 2 is 2.00 bits per heavy atom. The normalized spacial score (nSPS) is 54.5. The molecule has 7 aliphatic rings. The molecule has 0 aromatic carbocycles. The average Bonchev–Trinajstić information content (AvgIpc) is 3.37. The molecule has 0 spiro atoms. The van der Waals surface area contributed by atoms with Gasteiger partial charge < -0.3 is 0 Å². The van der Waals surface area contributed by atoms with Gasteiger partial charge in [0.1, 0.15) is 0 Å². The Morgan fingerprint density at radius 3 is 2.50 bits per heavy atom. The average molecular weight is 558 g/mol. The number of nitrogens with one attached hydrogen (secondary N) is 3. The number of hydrogen-bond acceptors (Lipinski definition) is 5.